The lowest BCUT2D eigenvalue weighted by atomic mass is 9.91. The molecule has 1 aromatic carbocycles. The number of aryl methyl sites for hydroxylation is 1. The summed E-state index contributed by atoms with van der Waals surface area (Å²) in [7, 11) is 0. The standard InChI is InChI=1S/C21H28FN3O3/c22-17-11-15(2-1-14-3-7-23-8-4-14)12-18-20(17)21(26)25-19(24-18)13-28-16-5-9-27-10-6-16/h11-12,14,16,23H,1-10,13H2,(H,24,25,26). The Morgan fingerprint density at radius 3 is 2.75 bits per heavy atom. The molecule has 2 N–H and O–H groups in total. The fourth-order valence-corrected chi connectivity index (χ4v) is 4.12. The van der Waals surface area contributed by atoms with Gasteiger partial charge in [0.1, 0.15) is 23.6 Å². The molecular weight excluding hydrogens is 361 g/mol. The smallest absolute Gasteiger partial charge is 0.261 e. The number of benzene rings is 1. The quantitative estimate of drug-likeness (QED) is 0.794. The highest BCUT2D eigenvalue weighted by Crippen LogP contribution is 2.22. The van der Waals surface area contributed by atoms with Crippen LogP contribution in [0.25, 0.3) is 10.9 Å². The highest BCUT2D eigenvalue weighted by atomic mass is 19.1. The van der Waals surface area contributed by atoms with Gasteiger partial charge in [0.05, 0.1) is 11.6 Å². The summed E-state index contributed by atoms with van der Waals surface area (Å²) in [6.45, 7) is 3.72. The molecule has 0 aliphatic carbocycles. The maximum absolute atomic E-state index is 14.6. The number of H-pyrrole nitrogens is 1. The lowest BCUT2D eigenvalue weighted by molar-refractivity contribution is -0.0408. The van der Waals surface area contributed by atoms with Gasteiger partial charge in [0.2, 0.25) is 0 Å². The largest absolute Gasteiger partial charge is 0.381 e. The normalized spacial score (nSPS) is 19.3. The van der Waals surface area contributed by atoms with Gasteiger partial charge in [0, 0.05) is 13.2 Å². The van der Waals surface area contributed by atoms with Crippen LogP contribution in [-0.4, -0.2) is 42.4 Å². The van der Waals surface area contributed by atoms with E-state index in [4.69, 9.17) is 9.47 Å². The topological polar surface area (TPSA) is 76.2 Å². The van der Waals surface area contributed by atoms with Crippen LogP contribution in [0.2, 0.25) is 0 Å². The summed E-state index contributed by atoms with van der Waals surface area (Å²) in [6.07, 6.45) is 5.97. The van der Waals surface area contributed by atoms with E-state index >= 15 is 0 Å². The van der Waals surface area contributed by atoms with Gasteiger partial charge in [-0.25, -0.2) is 9.37 Å². The molecule has 0 bridgehead atoms. The number of aromatic amines is 1. The van der Waals surface area contributed by atoms with Crippen molar-refractivity contribution in [1.82, 2.24) is 15.3 Å². The Morgan fingerprint density at radius 2 is 1.96 bits per heavy atom. The van der Waals surface area contributed by atoms with Crippen LogP contribution in [0.1, 0.15) is 43.5 Å². The number of hydrogen-bond donors (Lipinski definition) is 2. The van der Waals surface area contributed by atoms with E-state index in [1.165, 1.54) is 18.9 Å². The zero-order chi connectivity index (χ0) is 19.3. The molecular formula is C21H28FN3O3. The lowest BCUT2D eigenvalue weighted by Crippen LogP contribution is -2.27. The number of piperidine rings is 1. The van der Waals surface area contributed by atoms with E-state index in [1.807, 2.05) is 6.07 Å². The zero-order valence-corrected chi connectivity index (χ0v) is 16.1. The van der Waals surface area contributed by atoms with Gasteiger partial charge in [0.25, 0.3) is 5.56 Å². The second-order valence-corrected chi connectivity index (χ2v) is 7.84. The molecule has 2 fully saturated rings. The Morgan fingerprint density at radius 1 is 1.18 bits per heavy atom. The number of rotatable bonds is 6. The molecule has 2 aliphatic heterocycles. The Bertz CT molecular complexity index is 853. The second kappa shape index (κ2) is 9.11. The number of nitrogens with zero attached hydrogens (tertiary/aromatic N) is 1. The minimum Gasteiger partial charge on any atom is -0.381 e. The monoisotopic (exact) mass is 389 g/mol. The first-order valence-corrected chi connectivity index (χ1v) is 10.3. The van der Waals surface area contributed by atoms with E-state index in [0.29, 0.717) is 30.5 Å². The van der Waals surface area contributed by atoms with Gasteiger partial charge in [-0.05, 0) is 75.2 Å². The van der Waals surface area contributed by atoms with Crippen molar-refractivity contribution in [2.24, 2.45) is 5.92 Å². The Hall–Kier alpha value is -1.83. The molecule has 152 valence electrons. The Labute approximate surface area is 163 Å². The van der Waals surface area contributed by atoms with Gasteiger partial charge in [-0.1, -0.05) is 0 Å². The maximum atomic E-state index is 14.6. The number of aromatic nitrogens is 2. The molecule has 7 heteroatoms. The van der Waals surface area contributed by atoms with E-state index in [0.717, 1.165) is 44.3 Å². The predicted molar refractivity (Wildman–Crippen MR) is 105 cm³/mol. The van der Waals surface area contributed by atoms with Crippen LogP contribution in [0.3, 0.4) is 0 Å². The van der Waals surface area contributed by atoms with Gasteiger partial charge in [-0.15, -0.1) is 0 Å². The number of ether oxygens (including phenoxy) is 2. The van der Waals surface area contributed by atoms with E-state index in [2.05, 4.69) is 15.3 Å². The molecule has 1 aromatic heterocycles. The minimum absolute atomic E-state index is 0.0282. The number of hydrogen-bond acceptors (Lipinski definition) is 5. The first-order chi connectivity index (χ1) is 13.7. The van der Waals surface area contributed by atoms with Crippen LogP contribution < -0.4 is 10.9 Å². The van der Waals surface area contributed by atoms with Crippen molar-refractivity contribution in [1.29, 1.82) is 0 Å². The Kier molecular flexibility index (Phi) is 6.34. The van der Waals surface area contributed by atoms with Crippen molar-refractivity contribution >= 4 is 10.9 Å². The molecule has 0 unspecified atom stereocenters. The summed E-state index contributed by atoms with van der Waals surface area (Å²) >= 11 is 0. The SMILES string of the molecule is O=c1[nH]c(COC2CCOCC2)nc2cc(CCC3CCNCC3)cc(F)c12. The minimum atomic E-state index is -0.497. The highest BCUT2D eigenvalue weighted by Gasteiger charge is 2.17. The van der Waals surface area contributed by atoms with Crippen molar-refractivity contribution in [2.45, 2.75) is 51.2 Å². The summed E-state index contributed by atoms with van der Waals surface area (Å²) in [5, 5.41) is 3.40. The predicted octanol–water partition coefficient (Wildman–Crippen LogP) is 2.69. The van der Waals surface area contributed by atoms with Gasteiger partial charge < -0.3 is 19.8 Å². The molecule has 2 aliphatic rings. The first kappa shape index (κ1) is 19.5. The number of halogens is 1. The zero-order valence-electron chi connectivity index (χ0n) is 16.1. The maximum Gasteiger partial charge on any atom is 0.261 e. The molecule has 2 aromatic rings. The van der Waals surface area contributed by atoms with Crippen LogP contribution in [0.4, 0.5) is 4.39 Å². The van der Waals surface area contributed by atoms with Crippen molar-refractivity contribution < 1.29 is 13.9 Å². The third-order valence-corrected chi connectivity index (χ3v) is 5.79. The van der Waals surface area contributed by atoms with Crippen molar-refractivity contribution in [3.63, 3.8) is 0 Å². The third kappa shape index (κ3) is 4.77. The number of fused-ring (bicyclic) bond motifs is 1. The second-order valence-electron chi connectivity index (χ2n) is 7.84. The average molecular weight is 389 g/mol. The molecule has 0 spiro atoms. The third-order valence-electron chi connectivity index (χ3n) is 5.79. The summed E-state index contributed by atoms with van der Waals surface area (Å²) in [4.78, 5) is 19.5. The Balaban J connectivity index is 1.48. The van der Waals surface area contributed by atoms with Crippen LogP contribution in [-0.2, 0) is 22.5 Å². The summed E-state index contributed by atoms with van der Waals surface area (Å²) in [5.74, 6) is 0.623. The molecule has 2 saturated heterocycles. The summed E-state index contributed by atoms with van der Waals surface area (Å²) < 4.78 is 25.7. The van der Waals surface area contributed by atoms with Crippen molar-refractivity contribution in [3.05, 3.63) is 39.7 Å². The van der Waals surface area contributed by atoms with Gasteiger partial charge >= 0.3 is 0 Å². The van der Waals surface area contributed by atoms with Crippen LogP contribution in [0, 0.1) is 11.7 Å². The summed E-state index contributed by atoms with van der Waals surface area (Å²) in [6, 6.07) is 3.34. The van der Waals surface area contributed by atoms with Crippen LogP contribution in [0.15, 0.2) is 16.9 Å². The molecule has 0 atom stereocenters. The van der Waals surface area contributed by atoms with Gasteiger partial charge in [0.15, 0.2) is 0 Å². The van der Waals surface area contributed by atoms with Crippen LogP contribution in [0.5, 0.6) is 0 Å². The molecule has 4 rings (SSSR count). The number of nitrogens with one attached hydrogen (secondary N) is 2. The van der Waals surface area contributed by atoms with E-state index in [9.17, 15) is 9.18 Å². The first-order valence-electron chi connectivity index (χ1n) is 10.3. The summed E-state index contributed by atoms with van der Waals surface area (Å²) in [5.41, 5.74) is 0.866. The average Bonchev–Trinajstić information content (AvgIpc) is 2.72. The fourth-order valence-electron chi connectivity index (χ4n) is 4.12. The molecule has 28 heavy (non-hydrogen) atoms. The molecule has 3 heterocycles. The van der Waals surface area contributed by atoms with Crippen molar-refractivity contribution in [3.8, 4) is 0 Å². The van der Waals surface area contributed by atoms with Gasteiger partial charge in [-0.3, -0.25) is 4.79 Å². The van der Waals surface area contributed by atoms with Crippen molar-refractivity contribution in [2.75, 3.05) is 26.3 Å². The molecule has 0 amide bonds. The van der Waals surface area contributed by atoms with E-state index in [-0.39, 0.29) is 18.1 Å². The lowest BCUT2D eigenvalue weighted by Gasteiger charge is -2.22. The molecule has 0 saturated carbocycles. The molecule has 6 nitrogen and oxygen atoms in total. The highest BCUT2D eigenvalue weighted by molar-refractivity contribution is 5.79. The van der Waals surface area contributed by atoms with Crippen LogP contribution >= 0.6 is 0 Å². The fraction of sp³-hybridized carbons (Fsp3) is 0.619. The van der Waals surface area contributed by atoms with E-state index < -0.39 is 11.4 Å². The molecule has 0 radical (unpaired) electrons. The van der Waals surface area contributed by atoms with E-state index in [1.54, 1.807) is 0 Å². The van der Waals surface area contributed by atoms with Gasteiger partial charge in [-0.2, -0.15) is 0 Å².